The number of hydrogen-bond acceptors (Lipinski definition) is 4. The average Bonchev–Trinajstić information content (AvgIpc) is 2.77. The molecule has 1 saturated heterocycles. The van der Waals surface area contributed by atoms with Gasteiger partial charge in [0.1, 0.15) is 0 Å². The first-order chi connectivity index (χ1) is 9.06. The predicted molar refractivity (Wildman–Crippen MR) is 71.7 cm³/mol. The molecule has 0 radical (unpaired) electrons. The lowest BCUT2D eigenvalue weighted by Crippen LogP contribution is -2.47. The van der Waals surface area contributed by atoms with Gasteiger partial charge in [-0.05, 0) is 25.0 Å². The number of aromatic nitrogens is 1. The molecule has 4 N–H and O–H groups in total. The number of β-amino-alcohol motifs (C(OH)–C–C–N with tert-alkyl or cyclic N) is 1. The van der Waals surface area contributed by atoms with E-state index in [0.29, 0.717) is 19.6 Å². The maximum Gasteiger partial charge on any atom is 0.315 e. The largest absolute Gasteiger partial charge is 0.390 e. The lowest BCUT2D eigenvalue weighted by Gasteiger charge is -2.16. The van der Waals surface area contributed by atoms with E-state index in [1.165, 1.54) is 0 Å². The summed E-state index contributed by atoms with van der Waals surface area (Å²) in [6, 6.07) is 1.51. The molecule has 1 aliphatic heterocycles. The van der Waals surface area contributed by atoms with Crippen LogP contribution in [0.1, 0.15) is 16.8 Å². The van der Waals surface area contributed by atoms with Gasteiger partial charge in [-0.2, -0.15) is 0 Å². The number of carbonyl (C=O) groups is 1. The summed E-state index contributed by atoms with van der Waals surface area (Å²) in [6.45, 7) is 5.49. The number of nitrogens with zero attached hydrogens (tertiary/aromatic N) is 1. The van der Waals surface area contributed by atoms with Crippen molar-refractivity contribution in [1.29, 1.82) is 0 Å². The van der Waals surface area contributed by atoms with E-state index < -0.39 is 6.10 Å². The van der Waals surface area contributed by atoms with E-state index >= 15 is 0 Å². The maximum atomic E-state index is 11.7. The van der Waals surface area contributed by atoms with Gasteiger partial charge in [-0.1, -0.05) is 6.07 Å². The Morgan fingerprint density at radius 3 is 2.95 bits per heavy atom. The molecule has 2 atom stereocenters. The van der Waals surface area contributed by atoms with Crippen molar-refractivity contribution in [2.24, 2.45) is 0 Å². The number of pyridine rings is 1. The van der Waals surface area contributed by atoms with E-state index in [-0.39, 0.29) is 12.1 Å². The van der Waals surface area contributed by atoms with Crippen LogP contribution >= 0.6 is 0 Å². The van der Waals surface area contributed by atoms with Crippen molar-refractivity contribution in [3.05, 3.63) is 29.1 Å². The minimum absolute atomic E-state index is 0.224. The molecular formula is C13H20N4O2. The Hall–Kier alpha value is -1.66. The Morgan fingerprint density at radius 2 is 2.32 bits per heavy atom. The van der Waals surface area contributed by atoms with Crippen molar-refractivity contribution in [2.75, 3.05) is 13.1 Å². The molecule has 0 aliphatic carbocycles. The Balaban J connectivity index is 1.81. The highest BCUT2D eigenvalue weighted by Gasteiger charge is 2.25. The van der Waals surface area contributed by atoms with E-state index in [1.54, 1.807) is 6.20 Å². The van der Waals surface area contributed by atoms with Gasteiger partial charge in [0.15, 0.2) is 0 Å². The van der Waals surface area contributed by atoms with Crippen molar-refractivity contribution in [3.8, 4) is 0 Å². The molecule has 104 valence electrons. The number of aliphatic hydroxyl groups excluding tert-OH is 1. The van der Waals surface area contributed by atoms with Crippen LogP contribution in [0, 0.1) is 13.8 Å². The van der Waals surface area contributed by atoms with Gasteiger partial charge in [0.05, 0.1) is 12.1 Å². The Kier molecular flexibility index (Phi) is 4.34. The number of nitrogens with one attached hydrogen (secondary N) is 3. The summed E-state index contributed by atoms with van der Waals surface area (Å²) in [5.74, 6) is 0. The first-order valence-corrected chi connectivity index (χ1v) is 6.41. The van der Waals surface area contributed by atoms with Gasteiger partial charge in [0, 0.05) is 31.5 Å². The highest BCUT2D eigenvalue weighted by Crippen LogP contribution is 2.06. The Labute approximate surface area is 112 Å². The molecule has 1 aromatic heterocycles. The fourth-order valence-corrected chi connectivity index (χ4v) is 2.01. The standard InChI is InChI=1S/C13H20N4O2/c1-8-3-10(4-15-9(8)2)5-16-13(19)17-11-6-14-7-12(11)18/h3-4,11-12,14,18H,5-7H2,1-2H3,(H2,16,17,19)/t11-,12-/m1/s1. The van der Waals surface area contributed by atoms with Gasteiger partial charge in [0.25, 0.3) is 0 Å². The molecule has 6 heteroatoms. The second-order valence-corrected chi connectivity index (χ2v) is 4.90. The second-order valence-electron chi connectivity index (χ2n) is 4.90. The molecular weight excluding hydrogens is 244 g/mol. The fraction of sp³-hybridized carbons (Fsp3) is 0.538. The highest BCUT2D eigenvalue weighted by molar-refractivity contribution is 5.74. The predicted octanol–water partition coefficient (Wildman–Crippen LogP) is -0.170. The number of aryl methyl sites for hydroxylation is 2. The topological polar surface area (TPSA) is 86.3 Å². The van der Waals surface area contributed by atoms with Crippen molar-refractivity contribution in [2.45, 2.75) is 32.5 Å². The molecule has 1 aliphatic rings. The van der Waals surface area contributed by atoms with E-state index in [4.69, 9.17) is 0 Å². The third-order valence-corrected chi connectivity index (χ3v) is 3.35. The van der Waals surface area contributed by atoms with Crippen LogP contribution in [0.2, 0.25) is 0 Å². The van der Waals surface area contributed by atoms with Gasteiger partial charge in [0.2, 0.25) is 0 Å². The number of rotatable bonds is 3. The lowest BCUT2D eigenvalue weighted by atomic mass is 10.1. The molecule has 1 aromatic rings. The van der Waals surface area contributed by atoms with Crippen molar-refractivity contribution in [3.63, 3.8) is 0 Å². The van der Waals surface area contributed by atoms with Crippen LogP contribution in [-0.2, 0) is 6.54 Å². The number of carbonyl (C=O) groups excluding carboxylic acids is 1. The molecule has 2 rings (SSSR count). The smallest absolute Gasteiger partial charge is 0.315 e. The first kappa shape index (κ1) is 13.8. The average molecular weight is 264 g/mol. The Morgan fingerprint density at radius 1 is 1.53 bits per heavy atom. The number of urea groups is 1. The first-order valence-electron chi connectivity index (χ1n) is 6.41. The molecule has 0 aromatic carbocycles. The van der Waals surface area contributed by atoms with Crippen LogP contribution in [0.15, 0.2) is 12.3 Å². The van der Waals surface area contributed by atoms with E-state index in [9.17, 15) is 9.90 Å². The molecule has 0 spiro atoms. The monoisotopic (exact) mass is 264 g/mol. The molecule has 0 bridgehead atoms. The highest BCUT2D eigenvalue weighted by atomic mass is 16.3. The molecule has 6 nitrogen and oxygen atoms in total. The summed E-state index contributed by atoms with van der Waals surface area (Å²) in [5, 5.41) is 18.1. The summed E-state index contributed by atoms with van der Waals surface area (Å²) in [6.07, 6.45) is 1.24. The number of aliphatic hydroxyl groups is 1. The van der Waals surface area contributed by atoms with Gasteiger partial charge >= 0.3 is 6.03 Å². The number of hydrogen-bond donors (Lipinski definition) is 4. The SMILES string of the molecule is Cc1cc(CNC(=O)N[C@@H]2CNC[C@H]2O)cnc1C. The Bertz CT molecular complexity index is 464. The fourth-order valence-electron chi connectivity index (χ4n) is 2.01. The van der Waals surface area contributed by atoms with E-state index in [2.05, 4.69) is 20.9 Å². The molecule has 1 fully saturated rings. The minimum Gasteiger partial charge on any atom is -0.390 e. The zero-order valence-electron chi connectivity index (χ0n) is 11.2. The van der Waals surface area contributed by atoms with Crippen LogP contribution in [0.4, 0.5) is 4.79 Å². The molecule has 19 heavy (non-hydrogen) atoms. The minimum atomic E-state index is -0.519. The van der Waals surface area contributed by atoms with Gasteiger partial charge in [-0.15, -0.1) is 0 Å². The van der Waals surface area contributed by atoms with Crippen molar-refractivity contribution < 1.29 is 9.90 Å². The normalized spacial score (nSPS) is 22.3. The van der Waals surface area contributed by atoms with Crippen LogP contribution in [-0.4, -0.2) is 41.4 Å². The van der Waals surface area contributed by atoms with Crippen LogP contribution < -0.4 is 16.0 Å². The summed E-state index contributed by atoms with van der Waals surface area (Å²) in [7, 11) is 0. The molecule has 2 amide bonds. The zero-order chi connectivity index (χ0) is 13.8. The molecule has 2 heterocycles. The van der Waals surface area contributed by atoms with Crippen molar-refractivity contribution >= 4 is 6.03 Å². The van der Waals surface area contributed by atoms with Crippen LogP contribution in [0.25, 0.3) is 0 Å². The van der Waals surface area contributed by atoms with Gasteiger partial charge < -0.3 is 21.1 Å². The van der Waals surface area contributed by atoms with E-state index in [0.717, 1.165) is 16.8 Å². The summed E-state index contributed by atoms with van der Waals surface area (Å²) in [5.41, 5.74) is 3.06. The third-order valence-electron chi connectivity index (χ3n) is 3.35. The summed E-state index contributed by atoms with van der Waals surface area (Å²) < 4.78 is 0. The number of amides is 2. The third kappa shape index (κ3) is 3.65. The zero-order valence-corrected chi connectivity index (χ0v) is 11.2. The summed E-state index contributed by atoms with van der Waals surface area (Å²) in [4.78, 5) is 15.9. The molecule has 0 unspecified atom stereocenters. The van der Waals surface area contributed by atoms with Gasteiger partial charge in [-0.3, -0.25) is 4.98 Å². The summed E-state index contributed by atoms with van der Waals surface area (Å²) >= 11 is 0. The lowest BCUT2D eigenvalue weighted by molar-refractivity contribution is 0.162. The quantitative estimate of drug-likeness (QED) is 0.610. The van der Waals surface area contributed by atoms with Crippen LogP contribution in [0.5, 0.6) is 0 Å². The molecule has 0 saturated carbocycles. The van der Waals surface area contributed by atoms with Gasteiger partial charge in [-0.25, -0.2) is 4.79 Å². The van der Waals surface area contributed by atoms with E-state index in [1.807, 2.05) is 19.9 Å². The van der Waals surface area contributed by atoms with Crippen LogP contribution in [0.3, 0.4) is 0 Å². The van der Waals surface area contributed by atoms with Crippen molar-refractivity contribution in [1.82, 2.24) is 20.9 Å². The maximum absolute atomic E-state index is 11.7. The second kappa shape index (κ2) is 5.99.